The molecule has 1 heterocycles. The SMILES string of the molecule is COc1c(-c2ccccc2)nc(C)[nH]c1=O. The third kappa shape index (κ3) is 1.82. The highest BCUT2D eigenvalue weighted by Crippen LogP contribution is 2.23. The van der Waals surface area contributed by atoms with Crippen molar-refractivity contribution in [2.24, 2.45) is 0 Å². The molecule has 1 aromatic heterocycles. The maximum Gasteiger partial charge on any atom is 0.293 e. The van der Waals surface area contributed by atoms with Crippen molar-refractivity contribution >= 4 is 0 Å². The lowest BCUT2D eigenvalue weighted by Gasteiger charge is -2.07. The van der Waals surface area contributed by atoms with Gasteiger partial charge in [-0.25, -0.2) is 4.98 Å². The zero-order valence-corrected chi connectivity index (χ0v) is 9.15. The summed E-state index contributed by atoms with van der Waals surface area (Å²) in [4.78, 5) is 18.5. The second kappa shape index (κ2) is 4.18. The van der Waals surface area contributed by atoms with Crippen LogP contribution in [0.3, 0.4) is 0 Å². The number of aromatic nitrogens is 2. The summed E-state index contributed by atoms with van der Waals surface area (Å²) in [6.45, 7) is 1.74. The van der Waals surface area contributed by atoms with Crippen molar-refractivity contribution in [3.05, 3.63) is 46.5 Å². The Balaban J connectivity index is 2.69. The van der Waals surface area contributed by atoms with Crippen molar-refractivity contribution in [3.63, 3.8) is 0 Å². The molecule has 2 aromatic rings. The summed E-state index contributed by atoms with van der Waals surface area (Å²) < 4.78 is 5.08. The quantitative estimate of drug-likeness (QED) is 0.832. The Hall–Kier alpha value is -2.10. The van der Waals surface area contributed by atoms with E-state index in [0.717, 1.165) is 5.56 Å². The van der Waals surface area contributed by atoms with Gasteiger partial charge in [0, 0.05) is 5.56 Å². The van der Waals surface area contributed by atoms with E-state index in [1.54, 1.807) is 6.92 Å². The van der Waals surface area contributed by atoms with Crippen LogP contribution in [0.1, 0.15) is 5.82 Å². The Morgan fingerprint density at radius 3 is 2.56 bits per heavy atom. The Morgan fingerprint density at radius 2 is 1.94 bits per heavy atom. The molecule has 2 rings (SSSR count). The molecule has 4 nitrogen and oxygen atoms in total. The average Bonchev–Trinajstić information content (AvgIpc) is 2.29. The number of methoxy groups -OCH3 is 1. The zero-order chi connectivity index (χ0) is 11.5. The lowest BCUT2D eigenvalue weighted by Crippen LogP contribution is -2.13. The molecule has 0 unspecified atom stereocenters. The molecule has 0 saturated heterocycles. The summed E-state index contributed by atoms with van der Waals surface area (Å²) in [5.74, 6) is 0.821. The topological polar surface area (TPSA) is 55.0 Å². The van der Waals surface area contributed by atoms with Crippen LogP contribution in [-0.2, 0) is 0 Å². The van der Waals surface area contributed by atoms with Crippen molar-refractivity contribution in [2.45, 2.75) is 6.92 Å². The van der Waals surface area contributed by atoms with Gasteiger partial charge in [0.25, 0.3) is 5.56 Å². The number of ether oxygens (including phenoxy) is 1. The fourth-order valence-corrected chi connectivity index (χ4v) is 1.56. The Labute approximate surface area is 92.9 Å². The van der Waals surface area contributed by atoms with Crippen LogP contribution in [0.5, 0.6) is 5.75 Å². The summed E-state index contributed by atoms with van der Waals surface area (Å²) in [6, 6.07) is 9.49. The first kappa shape index (κ1) is 10.4. The Morgan fingerprint density at radius 1 is 1.25 bits per heavy atom. The summed E-state index contributed by atoms with van der Waals surface area (Å²) in [5.41, 5.74) is 1.19. The highest BCUT2D eigenvalue weighted by Gasteiger charge is 2.11. The lowest BCUT2D eigenvalue weighted by molar-refractivity contribution is 0.407. The van der Waals surface area contributed by atoms with E-state index in [9.17, 15) is 4.79 Å². The molecule has 0 bridgehead atoms. The fourth-order valence-electron chi connectivity index (χ4n) is 1.56. The number of benzene rings is 1. The van der Waals surface area contributed by atoms with Crippen molar-refractivity contribution in [1.29, 1.82) is 0 Å². The minimum atomic E-state index is -0.256. The molecule has 1 N–H and O–H groups in total. The first-order valence-electron chi connectivity index (χ1n) is 4.92. The van der Waals surface area contributed by atoms with E-state index in [-0.39, 0.29) is 11.3 Å². The van der Waals surface area contributed by atoms with Crippen LogP contribution in [0.2, 0.25) is 0 Å². The maximum absolute atomic E-state index is 11.6. The third-order valence-corrected chi connectivity index (χ3v) is 2.25. The number of nitrogens with zero attached hydrogens (tertiary/aromatic N) is 1. The molecule has 0 aliphatic carbocycles. The molecule has 0 radical (unpaired) electrons. The number of aryl methyl sites for hydroxylation is 1. The van der Waals surface area contributed by atoms with Gasteiger partial charge in [-0.05, 0) is 6.92 Å². The van der Waals surface area contributed by atoms with Gasteiger partial charge in [-0.3, -0.25) is 4.79 Å². The largest absolute Gasteiger partial charge is 0.490 e. The monoisotopic (exact) mass is 216 g/mol. The predicted octanol–water partition coefficient (Wildman–Crippen LogP) is 1.75. The molecule has 0 atom stereocenters. The van der Waals surface area contributed by atoms with Gasteiger partial charge in [-0.1, -0.05) is 30.3 Å². The molecular weight excluding hydrogens is 204 g/mol. The van der Waals surface area contributed by atoms with Crippen LogP contribution in [0.25, 0.3) is 11.3 Å². The van der Waals surface area contributed by atoms with E-state index in [1.165, 1.54) is 7.11 Å². The highest BCUT2D eigenvalue weighted by molar-refractivity contribution is 5.65. The summed E-state index contributed by atoms with van der Waals surface area (Å²) >= 11 is 0. The van der Waals surface area contributed by atoms with Crippen molar-refractivity contribution < 1.29 is 4.74 Å². The lowest BCUT2D eigenvalue weighted by atomic mass is 10.1. The van der Waals surface area contributed by atoms with E-state index in [1.807, 2.05) is 30.3 Å². The minimum Gasteiger partial charge on any atom is -0.490 e. The van der Waals surface area contributed by atoms with Gasteiger partial charge < -0.3 is 9.72 Å². The van der Waals surface area contributed by atoms with Crippen LogP contribution in [0, 0.1) is 6.92 Å². The van der Waals surface area contributed by atoms with Crippen molar-refractivity contribution in [2.75, 3.05) is 7.11 Å². The normalized spacial score (nSPS) is 10.1. The van der Waals surface area contributed by atoms with Crippen LogP contribution >= 0.6 is 0 Å². The summed E-state index contributed by atoms with van der Waals surface area (Å²) in [5, 5.41) is 0. The molecule has 1 aromatic carbocycles. The summed E-state index contributed by atoms with van der Waals surface area (Å²) in [6.07, 6.45) is 0. The molecule has 0 fully saturated rings. The van der Waals surface area contributed by atoms with Crippen molar-refractivity contribution in [3.8, 4) is 17.0 Å². The van der Waals surface area contributed by atoms with Gasteiger partial charge in [0.1, 0.15) is 11.5 Å². The first-order valence-corrected chi connectivity index (χ1v) is 4.92. The smallest absolute Gasteiger partial charge is 0.293 e. The maximum atomic E-state index is 11.6. The minimum absolute atomic E-state index is 0.247. The van der Waals surface area contributed by atoms with Crippen LogP contribution < -0.4 is 10.3 Å². The number of nitrogens with one attached hydrogen (secondary N) is 1. The molecular formula is C12H12N2O2. The molecule has 0 amide bonds. The van der Waals surface area contributed by atoms with Crippen molar-refractivity contribution in [1.82, 2.24) is 9.97 Å². The zero-order valence-electron chi connectivity index (χ0n) is 9.15. The van der Waals surface area contributed by atoms with Gasteiger partial charge in [0.15, 0.2) is 0 Å². The molecule has 0 aliphatic rings. The van der Waals surface area contributed by atoms with Gasteiger partial charge in [-0.15, -0.1) is 0 Å². The molecule has 0 saturated carbocycles. The van der Waals surface area contributed by atoms with Crippen LogP contribution in [0.4, 0.5) is 0 Å². The van der Waals surface area contributed by atoms with Crippen LogP contribution in [-0.4, -0.2) is 17.1 Å². The second-order valence-electron chi connectivity index (χ2n) is 3.40. The average molecular weight is 216 g/mol. The molecule has 82 valence electrons. The number of H-pyrrole nitrogens is 1. The van der Waals surface area contributed by atoms with E-state index < -0.39 is 0 Å². The molecule has 4 heteroatoms. The predicted molar refractivity (Wildman–Crippen MR) is 61.6 cm³/mol. The number of rotatable bonds is 2. The molecule has 0 aliphatic heterocycles. The van der Waals surface area contributed by atoms with E-state index >= 15 is 0 Å². The molecule has 0 spiro atoms. The number of aromatic amines is 1. The summed E-state index contributed by atoms with van der Waals surface area (Å²) in [7, 11) is 1.47. The van der Waals surface area contributed by atoms with Gasteiger partial charge in [-0.2, -0.15) is 0 Å². The molecule has 16 heavy (non-hydrogen) atoms. The van der Waals surface area contributed by atoms with Gasteiger partial charge in [0.2, 0.25) is 5.75 Å². The van der Waals surface area contributed by atoms with E-state index in [2.05, 4.69) is 9.97 Å². The second-order valence-corrected chi connectivity index (χ2v) is 3.40. The van der Waals surface area contributed by atoms with E-state index in [0.29, 0.717) is 11.5 Å². The van der Waals surface area contributed by atoms with E-state index in [4.69, 9.17) is 4.74 Å². The third-order valence-electron chi connectivity index (χ3n) is 2.25. The Bertz CT molecular complexity index is 547. The standard InChI is InChI=1S/C12H12N2O2/c1-8-13-10(9-6-4-3-5-7-9)11(16-2)12(15)14-8/h3-7H,1-2H3,(H,13,14,15). The van der Waals surface area contributed by atoms with Gasteiger partial charge in [0.05, 0.1) is 7.11 Å². The Kier molecular flexibility index (Phi) is 2.72. The van der Waals surface area contributed by atoms with Gasteiger partial charge >= 0.3 is 0 Å². The highest BCUT2D eigenvalue weighted by atomic mass is 16.5. The fraction of sp³-hybridized carbons (Fsp3) is 0.167. The first-order chi connectivity index (χ1) is 7.72. The number of hydrogen-bond acceptors (Lipinski definition) is 3. The van der Waals surface area contributed by atoms with Crippen LogP contribution in [0.15, 0.2) is 35.1 Å². The number of hydrogen-bond donors (Lipinski definition) is 1.